The van der Waals surface area contributed by atoms with Crippen molar-refractivity contribution in [2.75, 3.05) is 26.2 Å². The third-order valence-electron chi connectivity index (χ3n) is 4.71. The number of nitrogens with zero attached hydrogens (tertiary/aromatic N) is 4. The van der Waals surface area contributed by atoms with Gasteiger partial charge in [-0.05, 0) is 6.42 Å². The zero-order valence-electron chi connectivity index (χ0n) is 15.1. The van der Waals surface area contributed by atoms with Crippen LogP contribution in [0.2, 0.25) is 0 Å². The molecule has 1 saturated heterocycles. The molecular formula is C20H24N4S2. The van der Waals surface area contributed by atoms with Gasteiger partial charge in [0.2, 0.25) is 0 Å². The zero-order chi connectivity index (χ0) is 17.8. The highest BCUT2D eigenvalue weighted by Gasteiger charge is 2.19. The van der Waals surface area contributed by atoms with Crippen LogP contribution in [0.25, 0.3) is 10.6 Å². The summed E-state index contributed by atoms with van der Waals surface area (Å²) in [4.78, 5) is 14.6. The van der Waals surface area contributed by atoms with Crippen LogP contribution in [0.3, 0.4) is 0 Å². The standard InChI is InChI=1S/C20H24N4S2/c1-2-19-21-17(14-25-19)12-23-8-10-24(11-9-23)13-18-15-26-20(22-18)16-6-4-3-5-7-16/h3-7,14-15H,2,8-13H2,1H3. The largest absolute Gasteiger partial charge is 0.295 e. The fourth-order valence-electron chi connectivity index (χ4n) is 3.24. The Morgan fingerprint density at radius 1 is 0.846 bits per heavy atom. The van der Waals surface area contributed by atoms with E-state index in [4.69, 9.17) is 9.97 Å². The summed E-state index contributed by atoms with van der Waals surface area (Å²) in [5.74, 6) is 0. The second-order valence-electron chi connectivity index (χ2n) is 6.65. The number of aryl methyl sites for hydroxylation is 1. The molecule has 4 rings (SSSR count). The van der Waals surface area contributed by atoms with Crippen molar-refractivity contribution in [1.82, 2.24) is 19.8 Å². The van der Waals surface area contributed by atoms with E-state index in [1.54, 1.807) is 22.7 Å². The Labute approximate surface area is 163 Å². The predicted molar refractivity (Wildman–Crippen MR) is 110 cm³/mol. The second-order valence-corrected chi connectivity index (χ2v) is 8.45. The average molecular weight is 385 g/mol. The van der Waals surface area contributed by atoms with Crippen LogP contribution in [-0.2, 0) is 19.5 Å². The Bertz CT molecular complexity index is 819. The van der Waals surface area contributed by atoms with Crippen molar-refractivity contribution in [2.45, 2.75) is 26.4 Å². The van der Waals surface area contributed by atoms with E-state index in [0.717, 1.165) is 50.7 Å². The summed E-state index contributed by atoms with van der Waals surface area (Å²) in [6.07, 6.45) is 1.04. The molecule has 1 aliphatic heterocycles. The molecule has 136 valence electrons. The van der Waals surface area contributed by atoms with Crippen molar-refractivity contribution < 1.29 is 0 Å². The van der Waals surface area contributed by atoms with Crippen molar-refractivity contribution in [3.63, 3.8) is 0 Å². The molecule has 0 spiro atoms. The van der Waals surface area contributed by atoms with Gasteiger partial charge in [0.05, 0.1) is 16.4 Å². The van der Waals surface area contributed by atoms with Crippen molar-refractivity contribution in [3.8, 4) is 10.6 Å². The van der Waals surface area contributed by atoms with Crippen molar-refractivity contribution in [1.29, 1.82) is 0 Å². The van der Waals surface area contributed by atoms with Gasteiger partial charge in [-0.25, -0.2) is 9.97 Å². The molecule has 0 atom stereocenters. The molecule has 4 nitrogen and oxygen atoms in total. The number of thiazole rings is 2. The monoisotopic (exact) mass is 384 g/mol. The maximum absolute atomic E-state index is 4.83. The minimum absolute atomic E-state index is 0.952. The summed E-state index contributed by atoms with van der Waals surface area (Å²) < 4.78 is 0. The van der Waals surface area contributed by atoms with Gasteiger partial charge in [-0.1, -0.05) is 37.3 Å². The first-order chi connectivity index (χ1) is 12.8. The van der Waals surface area contributed by atoms with Gasteiger partial charge in [-0.3, -0.25) is 9.80 Å². The number of hydrogen-bond acceptors (Lipinski definition) is 6. The number of hydrogen-bond donors (Lipinski definition) is 0. The Balaban J connectivity index is 1.28. The molecule has 1 fully saturated rings. The first kappa shape index (κ1) is 17.8. The molecule has 3 heterocycles. The smallest absolute Gasteiger partial charge is 0.123 e. The predicted octanol–water partition coefficient (Wildman–Crippen LogP) is 4.15. The molecule has 1 aliphatic rings. The van der Waals surface area contributed by atoms with Gasteiger partial charge in [0, 0.05) is 55.6 Å². The molecule has 0 unspecified atom stereocenters. The lowest BCUT2D eigenvalue weighted by Crippen LogP contribution is -2.45. The molecule has 0 aliphatic carbocycles. The molecule has 1 aromatic carbocycles. The highest BCUT2D eigenvalue weighted by Crippen LogP contribution is 2.24. The molecule has 0 radical (unpaired) electrons. The quantitative estimate of drug-likeness (QED) is 0.639. The van der Waals surface area contributed by atoms with Gasteiger partial charge < -0.3 is 0 Å². The molecule has 0 saturated carbocycles. The lowest BCUT2D eigenvalue weighted by Gasteiger charge is -2.33. The Morgan fingerprint density at radius 3 is 2.08 bits per heavy atom. The van der Waals surface area contributed by atoms with Gasteiger partial charge in [0.25, 0.3) is 0 Å². The number of benzene rings is 1. The van der Waals surface area contributed by atoms with Crippen LogP contribution in [0, 0.1) is 0 Å². The zero-order valence-corrected chi connectivity index (χ0v) is 16.7. The summed E-state index contributed by atoms with van der Waals surface area (Å²) in [6, 6.07) is 10.4. The molecule has 0 N–H and O–H groups in total. The van der Waals surface area contributed by atoms with E-state index in [-0.39, 0.29) is 0 Å². The lowest BCUT2D eigenvalue weighted by atomic mass is 10.2. The highest BCUT2D eigenvalue weighted by atomic mass is 32.1. The SMILES string of the molecule is CCc1nc(CN2CCN(Cc3csc(-c4ccccc4)n3)CC2)cs1. The van der Waals surface area contributed by atoms with Gasteiger partial charge >= 0.3 is 0 Å². The molecule has 2 aromatic heterocycles. The van der Waals surface area contributed by atoms with Gasteiger partial charge in [0.15, 0.2) is 0 Å². The van der Waals surface area contributed by atoms with E-state index in [1.807, 2.05) is 6.07 Å². The van der Waals surface area contributed by atoms with Gasteiger partial charge in [0.1, 0.15) is 5.01 Å². The fraction of sp³-hybridized carbons (Fsp3) is 0.400. The van der Waals surface area contributed by atoms with E-state index in [0.29, 0.717) is 0 Å². The van der Waals surface area contributed by atoms with Crippen LogP contribution in [-0.4, -0.2) is 45.9 Å². The first-order valence-corrected chi connectivity index (χ1v) is 10.9. The van der Waals surface area contributed by atoms with Crippen LogP contribution in [0.15, 0.2) is 41.1 Å². The van der Waals surface area contributed by atoms with Crippen molar-refractivity contribution >= 4 is 22.7 Å². The molecule has 6 heteroatoms. The summed E-state index contributed by atoms with van der Waals surface area (Å²) in [5.41, 5.74) is 3.63. The van der Waals surface area contributed by atoms with Crippen LogP contribution in [0.5, 0.6) is 0 Å². The summed E-state index contributed by atoms with van der Waals surface area (Å²) >= 11 is 3.53. The molecule has 0 bridgehead atoms. The summed E-state index contributed by atoms with van der Waals surface area (Å²) in [7, 11) is 0. The lowest BCUT2D eigenvalue weighted by molar-refractivity contribution is 0.120. The third kappa shape index (κ3) is 4.38. The van der Waals surface area contributed by atoms with E-state index < -0.39 is 0 Å². The maximum atomic E-state index is 4.83. The normalized spacial score (nSPS) is 16.2. The van der Waals surface area contributed by atoms with E-state index >= 15 is 0 Å². The average Bonchev–Trinajstić information content (AvgIpc) is 3.33. The van der Waals surface area contributed by atoms with Crippen LogP contribution >= 0.6 is 22.7 Å². The Hall–Kier alpha value is -1.60. The van der Waals surface area contributed by atoms with Crippen LogP contribution < -0.4 is 0 Å². The molecular weight excluding hydrogens is 360 g/mol. The summed E-state index contributed by atoms with van der Waals surface area (Å²) in [6.45, 7) is 8.52. The van der Waals surface area contributed by atoms with Crippen LogP contribution in [0.1, 0.15) is 23.3 Å². The first-order valence-electron chi connectivity index (χ1n) is 9.18. The minimum atomic E-state index is 0.952. The van der Waals surface area contributed by atoms with Crippen molar-refractivity contribution in [2.24, 2.45) is 0 Å². The number of piperazine rings is 1. The second kappa shape index (κ2) is 8.39. The van der Waals surface area contributed by atoms with E-state index in [1.165, 1.54) is 22.0 Å². The minimum Gasteiger partial charge on any atom is -0.295 e. The van der Waals surface area contributed by atoms with Gasteiger partial charge in [-0.15, -0.1) is 22.7 Å². The van der Waals surface area contributed by atoms with E-state index in [9.17, 15) is 0 Å². The summed E-state index contributed by atoms with van der Waals surface area (Å²) in [5, 5.41) is 6.79. The van der Waals surface area contributed by atoms with Crippen molar-refractivity contribution in [3.05, 3.63) is 57.5 Å². The topological polar surface area (TPSA) is 32.3 Å². The number of rotatable bonds is 6. The van der Waals surface area contributed by atoms with Gasteiger partial charge in [-0.2, -0.15) is 0 Å². The Kier molecular flexibility index (Phi) is 5.75. The fourth-order valence-corrected chi connectivity index (χ4v) is 4.79. The maximum Gasteiger partial charge on any atom is 0.123 e. The highest BCUT2D eigenvalue weighted by molar-refractivity contribution is 7.13. The molecule has 26 heavy (non-hydrogen) atoms. The third-order valence-corrected chi connectivity index (χ3v) is 6.69. The molecule has 3 aromatic rings. The van der Waals surface area contributed by atoms with E-state index in [2.05, 4.69) is 51.7 Å². The van der Waals surface area contributed by atoms with Crippen LogP contribution in [0.4, 0.5) is 0 Å². The molecule has 0 amide bonds. The number of aromatic nitrogens is 2. The Morgan fingerprint density at radius 2 is 1.46 bits per heavy atom.